The number of pyridine rings is 1. The van der Waals surface area contributed by atoms with Gasteiger partial charge in [-0.05, 0) is 23.6 Å². The van der Waals surface area contributed by atoms with E-state index in [1.807, 2.05) is 37.2 Å². The van der Waals surface area contributed by atoms with Gasteiger partial charge < -0.3 is 16.0 Å². The third-order valence-corrected chi connectivity index (χ3v) is 3.36. The van der Waals surface area contributed by atoms with Crippen molar-refractivity contribution in [2.75, 3.05) is 25.5 Å². The fraction of sp³-hybridized carbons (Fsp3) is 0.412. The van der Waals surface area contributed by atoms with E-state index >= 15 is 0 Å². The van der Waals surface area contributed by atoms with E-state index in [-0.39, 0.29) is 0 Å². The van der Waals surface area contributed by atoms with Gasteiger partial charge in [-0.3, -0.25) is 0 Å². The molecule has 0 aliphatic rings. The van der Waals surface area contributed by atoms with Gasteiger partial charge in [-0.15, -0.1) is 0 Å². The van der Waals surface area contributed by atoms with Crippen LogP contribution in [-0.2, 0) is 6.54 Å². The number of fused-ring (bicyclic) bond motifs is 1. The second kappa shape index (κ2) is 7.11. The molecule has 1 heterocycles. The number of benzene rings is 1. The van der Waals surface area contributed by atoms with Gasteiger partial charge in [0.05, 0.1) is 12.1 Å². The van der Waals surface area contributed by atoms with Gasteiger partial charge in [-0.2, -0.15) is 0 Å². The number of hydrogen-bond donors (Lipinski definition) is 2. The van der Waals surface area contributed by atoms with E-state index in [4.69, 9.17) is 5.73 Å². The van der Waals surface area contributed by atoms with Crippen LogP contribution < -0.4 is 16.0 Å². The summed E-state index contributed by atoms with van der Waals surface area (Å²) in [6.07, 6.45) is 0. The van der Waals surface area contributed by atoms with Gasteiger partial charge in [-0.1, -0.05) is 32.0 Å². The summed E-state index contributed by atoms with van der Waals surface area (Å²) < 4.78 is 0. The van der Waals surface area contributed by atoms with Crippen molar-refractivity contribution in [3.8, 4) is 0 Å². The summed E-state index contributed by atoms with van der Waals surface area (Å²) in [7, 11) is 3.98. The van der Waals surface area contributed by atoms with Gasteiger partial charge in [0.25, 0.3) is 0 Å². The molecule has 0 atom stereocenters. The Kier molecular flexibility index (Phi) is 5.20. The highest BCUT2D eigenvalue weighted by Gasteiger charge is 2.07. The van der Waals surface area contributed by atoms with Crippen molar-refractivity contribution >= 4 is 22.7 Å². The number of aliphatic imine (C=N–C) groups is 1. The van der Waals surface area contributed by atoms with E-state index in [9.17, 15) is 0 Å². The fourth-order valence-corrected chi connectivity index (χ4v) is 2.13. The molecular formula is C17H25N5. The molecule has 0 radical (unpaired) electrons. The zero-order valence-electron chi connectivity index (χ0n) is 13.8. The summed E-state index contributed by atoms with van der Waals surface area (Å²) >= 11 is 0. The molecule has 2 aromatic rings. The summed E-state index contributed by atoms with van der Waals surface area (Å²) in [5.74, 6) is 1.95. The van der Waals surface area contributed by atoms with Gasteiger partial charge >= 0.3 is 0 Å². The first-order valence-electron chi connectivity index (χ1n) is 7.57. The maximum absolute atomic E-state index is 5.92. The Morgan fingerprint density at radius 1 is 1.32 bits per heavy atom. The highest BCUT2D eigenvalue weighted by atomic mass is 15.1. The van der Waals surface area contributed by atoms with Crippen molar-refractivity contribution in [2.24, 2.45) is 16.6 Å². The van der Waals surface area contributed by atoms with Crippen LogP contribution in [0.4, 0.5) is 5.82 Å². The zero-order valence-corrected chi connectivity index (χ0v) is 13.8. The second-order valence-corrected chi connectivity index (χ2v) is 6.03. The van der Waals surface area contributed by atoms with Crippen LogP contribution in [0.1, 0.15) is 19.4 Å². The van der Waals surface area contributed by atoms with Crippen molar-refractivity contribution in [3.63, 3.8) is 0 Å². The first kappa shape index (κ1) is 16.1. The molecule has 0 spiro atoms. The van der Waals surface area contributed by atoms with Gasteiger partial charge in [0.2, 0.25) is 0 Å². The minimum atomic E-state index is 0.487. The van der Waals surface area contributed by atoms with Crippen molar-refractivity contribution < 1.29 is 0 Å². The maximum atomic E-state index is 5.92. The lowest BCUT2D eigenvalue weighted by atomic mass is 10.1. The highest BCUT2D eigenvalue weighted by molar-refractivity contribution is 5.84. The van der Waals surface area contributed by atoms with E-state index in [2.05, 4.69) is 41.3 Å². The minimum Gasteiger partial charge on any atom is -0.370 e. The van der Waals surface area contributed by atoms with Crippen LogP contribution >= 0.6 is 0 Å². The number of nitrogens with one attached hydrogen (secondary N) is 1. The molecule has 0 aliphatic heterocycles. The molecule has 1 aromatic heterocycles. The molecular weight excluding hydrogens is 274 g/mol. The quantitative estimate of drug-likeness (QED) is 0.657. The molecule has 0 bridgehead atoms. The lowest BCUT2D eigenvalue weighted by molar-refractivity contribution is 0.622. The molecule has 118 valence electrons. The Hall–Kier alpha value is -2.30. The van der Waals surface area contributed by atoms with Crippen LogP contribution in [0.2, 0.25) is 0 Å². The topological polar surface area (TPSA) is 66.5 Å². The van der Waals surface area contributed by atoms with E-state index in [1.165, 1.54) is 0 Å². The molecule has 0 saturated carbocycles. The van der Waals surface area contributed by atoms with Gasteiger partial charge in [0.1, 0.15) is 5.82 Å². The van der Waals surface area contributed by atoms with Crippen LogP contribution in [0.5, 0.6) is 0 Å². The van der Waals surface area contributed by atoms with E-state index in [0.29, 0.717) is 18.4 Å². The van der Waals surface area contributed by atoms with Crippen LogP contribution in [0, 0.1) is 5.92 Å². The number of nitrogens with zero attached hydrogens (tertiary/aromatic N) is 3. The fourth-order valence-electron chi connectivity index (χ4n) is 2.13. The Bertz CT molecular complexity index is 661. The third kappa shape index (κ3) is 4.10. The smallest absolute Gasteiger partial charge is 0.188 e. The largest absolute Gasteiger partial charge is 0.370 e. The average molecular weight is 299 g/mol. The molecule has 2 rings (SSSR count). The summed E-state index contributed by atoms with van der Waals surface area (Å²) in [5, 5.41) is 4.26. The number of rotatable bonds is 5. The van der Waals surface area contributed by atoms with Crippen molar-refractivity contribution in [1.29, 1.82) is 0 Å². The van der Waals surface area contributed by atoms with Gasteiger partial charge in [0.15, 0.2) is 5.96 Å². The second-order valence-electron chi connectivity index (χ2n) is 6.03. The molecule has 0 aliphatic carbocycles. The molecule has 0 fully saturated rings. The number of nitrogens with two attached hydrogens (primary N) is 1. The van der Waals surface area contributed by atoms with Crippen molar-refractivity contribution in [3.05, 3.63) is 35.9 Å². The standard InChI is InChI=1S/C17H25N5/c1-12(2)10-19-17(18)20-11-13-9-16(22(3)4)21-15-8-6-5-7-14(13)15/h5-9,12H,10-11H2,1-4H3,(H3,18,19,20). The normalized spacial score (nSPS) is 12.0. The average Bonchev–Trinajstić information content (AvgIpc) is 2.50. The van der Waals surface area contributed by atoms with E-state index in [0.717, 1.165) is 28.8 Å². The van der Waals surface area contributed by atoms with Crippen molar-refractivity contribution in [2.45, 2.75) is 20.4 Å². The molecule has 22 heavy (non-hydrogen) atoms. The summed E-state index contributed by atoms with van der Waals surface area (Å²) in [6.45, 7) is 5.65. The Balaban J connectivity index is 2.27. The Morgan fingerprint density at radius 2 is 2.05 bits per heavy atom. The number of aromatic nitrogens is 1. The minimum absolute atomic E-state index is 0.487. The number of guanidine groups is 1. The van der Waals surface area contributed by atoms with E-state index in [1.54, 1.807) is 0 Å². The molecule has 3 N–H and O–H groups in total. The predicted octanol–water partition coefficient (Wildman–Crippen LogP) is 2.36. The van der Waals surface area contributed by atoms with E-state index < -0.39 is 0 Å². The molecule has 0 unspecified atom stereocenters. The third-order valence-electron chi connectivity index (χ3n) is 3.36. The summed E-state index contributed by atoms with van der Waals surface area (Å²) in [5.41, 5.74) is 8.03. The SMILES string of the molecule is CC(C)CNC(N)=NCc1cc(N(C)C)nc2ccccc12. The number of para-hydroxylation sites is 1. The summed E-state index contributed by atoms with van der Waals surface area (Å²) in [6, 6.07) is 10.2. The molecule has 1 aromatic carbocycles. The molecule has 0 amide bonds. The maximum Gasteiger partial charge on any atom is 0.188 e. The first-order valence-corrected chi connectivity index (χ1v) is 7.57. The van der Waals surface area contributed by atoms with Crippen LogP contribution in [0.3, 0.4) is 0 Å². The predicted molar refractivity (Wildman–Crippen MR) is 94.2 cm³/mol. The number of hydrogen-bond acceptors (Lipinski definition) is 3. The van der Waals surface area contributed by atoms with Gasteiger partial charge in [0, 0.05) is 26.0 Å². The highest BCUT2D eigenvalue weighted by Crippen LogP contribution is 2.22. The van der Waals surface area contributed by atoms with Crippen molar-refractivity contribution in [1.82, 2.24) is 10.3 Å². The molecule has 5 nitrogen and oxygen atoms in total. The van der Waals surface area contributed by atoms with Gasteiger partial charge in [-0.25, -0.2) is 9.98 Å². The van der Waals surface area contributed by atoms with Crippen LogP contribution in [0.15, 0.2) is 35.3 Å². The first-order chi connectivity index (χ1) is 10.5. The lowest BCUT2D eigenvalue weighted by Gasteiger charge is -2.14. The zero-order chi connectivity index (χ0) is 16.1. The van der Waals surface area contributed by atoms with Crippen LogP contribution in [0.25, 0.3) is 10.9 Å². The monoisotopic (exact) mass is 299 g/mol. The molecule has 0 saturated heterocycles. The van der Waals surface area contributed by atoms with Crippen LogP contribution in [-0.4, -0.2) is 31.6 Å². The molecule has 5 heteroatoms. The lowest BCUT2D eigenvalue weighted by Crippen LogP contribution is -2.34. The summed E-state index contributed by atoms with van der Waals surface area (Å²) in [4.78, 5) is 11.1. The Morgan fingerprint density at radius 3 is 2.73 bits per heavy atom. The Labute approximate surface area is 132 Å². The number of anilines is 1.